The van der Waals surface area contributed by atoms with E-state index in [1.165, 1.54) is 4.90 Å². The van der Waals surface area contributed by atoms with Gasteiger partial charge in [0.15, 0.2) is 0 Å². The number of rotatable bonds is 10. The molecule has 0 fully saturated rings. The van der Waals surface area contributed by atoms with E-state index in [0.29, 0.717) is 26.3 Å². The minimum Gasteiger partial charge on any atom is -0.381 e. The van der Waals surface area contributed by atoms with Crippen LogP contribution in [-0.4, -0.2) is 78.9 Å². The number of ether oxygens (including phenoxy) is 2. The molecule has 0 aliphatic rings. The Balaban J connectivity index is 2.73. The second-order valence-corrected chi connectivity index (χ2v) is 7.27. The molecule has 0 aliphatic carbocycles. The van der Waals surface area contributed by atoms with E-state index < -0.39 is 15.9 Å². The maximum Gasteiger partial charge on any atom is 0.346 e. The third kappa shape index (κ3) is 6.17. The van der Waals surface area contributed by atoms with Gasteiger partial charge in [-0.25, -0.2) is 18.2 Å². The second kappa shape index (κ2) is 9.70. The van der Waals surface area contributed by atoms with Crippen LogP contribution in [0.15, 0.2) is 11.5 Å². The Hall–Kier alpha value is -1.52. The molecule has 0 saturated heterocycles. The van der Waals surface area contributed by atoms with E-state index in [0.717, 1.165) is 11.0 Å². The summed E-state index contributed by atoms with van der Waals surface area (Å²) in [4.78, 5) is 17.6. The molecule has 1 aromatic heterocycles. The van der Waals surface area contributed by atoms with Crippen molar-refractivity contribution in [3.05, 3.63) is 6.33 Å². The summed E-state index contributed by atoms with van der Waals surface area (Å²) < 4.78 is 35.5. The normalized spacial score (nSPS) is 11.9. The van der Waals surface area contributed by atoms with Gasteiger partial charge in [-0.3, -0.25) is 0 Å². The number of carbonyl (C=O) groups excluding carboxylic acids is 1. The molecule has 0 aliphatic heterocycles. The van der Waals surface area contributed by atoms with Gasteiger partial charge in [0.2, 0.25) is 9.84 Å². The van der Waals surface area contributed by atoms with Gasteiger partial charge < -0.3 is 14.4 Å². The fourth-order valence-electron chi connectivity index (χ4n) is 1.82. The van der Waals surface area contributed by atoms with E-state index in [4.69, 9.17) is 9.47 Å². The summed E-state index contributed by atoms with van der Waals surface area (Å²) in [6.07, 6.45) is 1.19. The molecule has 0 unspecified atom stereocenters. The van der Waals surface area contributed by atoms with Crippen molar-refractivity contribution in [1.29, 1.82) is 0 Å². The maximum absolute atomic E-state index is 12.4. The van der Waals surface area contributed by atoms with Gasteiger partial charge in [0.05, 0.1) is 25.1 Å². The fraction of sp³-hybridized carbons (Fsp3) is 0.786. The zero-order valence-electron chi connectivity index (χ0n) is 14.6. The predicted octanol–water partition coefficient (Wildman–Crippen LogP) is 0.803. The molecule has 0 saturated carbocycles. The van der Waals surface area contributed by atoms with Crippen LogP contribution in [0, 0.1) is 0 Å². The molecule has 0 radical (unpaired) electrons. The zero-order chi connectivity index (χ0) is 18.2. The highest BCUT2D eigenvalue weighted by molar-refractivity contribution is 7.91. The van der Waals surface area contributed by atoms with Gasteiger partial charge in [-0.15, -0.1) is 5.10 Å². The molecule has 0 spiro atoms. The van der Waals surface area contributed by atoms with Crippen LogP contribution < -0.4 is 0 Å². The van der Waals surface area contributed by atoms with Crippen LogP contribution >= 0.6 is 0 Å². The topological polar surface area (TPSA) is 104 Å². The smallest absolute Gasteiger partial charge is 0.346 e. The van der Waals surface area contributed by atoms with Gasteiger partial charge in [-0.05, 0) is 27.7 Å². The quantitative estimate of drug-likeness (QED) is 0.567. The summed E-state index contributed by atoms with van der Waals surface area (Å²) in [5.41, 5.74) is 0. The van der Waals surface area contributed by atoms with E-state index in [-0.39, 0.29) is 23.6 Å². The third-order valence-electron chi connectivity index (χ3n) is 3.11. The Morgan fingerprint density at radius 1 is 1.33 bits per heavy atom. The van der Waals surface area contributed by atoms with Crippen molar-refractivity contribution in [2.45, 2.75) is 39.0 Å². The van der Waals surface area contributed by atoms with Gasteiger partial charge >= 0.3 is 6.03 Å². The van der Waals surface area contributed by atoms with E-state index in [1.807, 2.05) is 20.8 Å². The van der Waals surface area contributed by atoms with Crippen LogP contribution in [0.3, 0.4) is 0 Å². The number of amides is 1. The monoisotopic (exact) mass is 362 g/mol. The zero-order valence-corrected chi connectivity index (χ0v) is 15.5. The molecule has 1 amide bonds. The minimum atomic E-state index is -3.67. The molecule has 0 N–H and O–H groups in total. The van der Waals surface area contributed by atoms with Crippen molar-refractivity contribution in [2.75, 3.05) is 38.7 Å². The molecule has 9 nitrogen and oxygen atoms in total. The van der Waals surface area contributed by atoms with Crippen LogP contribution in [0.25, 0.3) is 0 Å². The third-order valence-corrected chi connectivity index (χ3v) is 4.56. The van der Waals surface area contributed by atoms with Crippen molar-refractivity contribution in [1.82, 2.24) is 19.7 Å². The Bertz CT molecular complexity index is 614. The number of carbonyl (C=O) groups is 1. The first-order valence-electron chi connectivity index (χ1n) is 7.94. The van der Waals surface area contributed by atoms with Gasteiger partial charge in [0.25, 0.3) is 5.16 Å². The van der Waals surface area contributed by atoms with Crippen LogP contribution in [0.4, 0.5) is 4.79 Å². The summed E-state index contributed by atoms with van der Waals surface area (Å²) in [5, 5.41) is 3.43. The summed E-state index contributed by atoms with van der Waals surface area (Å²) >= 11 is 0. The molecule has 1 aromatic rings. The average molecular weight is 362 g/mol. The fourth-order valence-corrected chi connectivity index (χ4v) is 2.76. The lowest BCUT2D eigenvalue weighted by Gasteiger charge is -2.20. The largest absolute Gasteiger partial charge is 0.381 e. The van der Waals surface area contributed by atoms with E-state index in [9.17, 15) is 13.2 Å². The van der Waals surface area contributed by atoms with Crippen LogP contribution in [0.1, 0.15) is 27.7 Å². The highest BCUT2D eigenvalue weighted by Crippen LogP contribution is 2.05. The van der Waals surface area contributed by atoms with E-state index >= 15 is 0 Å². The van der Waals surface area contributed by atoms with Crippen molar-refractivity contribution in [3.8, 4) is 0 Å². The Morgan fingerprint density at radius 2 is 2.04 bits per heavy atom. The first-order chi connectivity index (χ1) is 11.3. The molecule has 0 atom stereocenters. The molecule has 1 heterocycles. The molecular formula is C14H26N4O5S. The van der Waals surface area contributed by atoms with Crippen LogP contribution in [0.2, 0.25) is 0 Å². The number of likely N-dealkylation sites (N-methyl/N-ethyl adjacent to an activating group) is 1. The van der Waals surface area contributed by atoms with Crippen molar-refractivity contribution < 1.29 is 22.7 Å². The van der Waals surface area contributed by atoms with Gasteiger partial charge in [-0.2, -0.15) is 4.68 Å². The van der Waals surface area contributed by atoms with Crippen molar-refractivity contribution >= 4 is 15.9 Å². The molecule has 138 valence electrons. The summed E-state index contributed by atoms with van der Waals surface area (Å²) in [6, 6.07) is -0.441. The van der Waals surface area contributed by atoms with Gasteiger partial charge in [-0.1, -0.05) is 0 Å². The van der Waals surface area contributed by atoms with E-state index in [2.05, 4.69) is 10.1 Å². The van der Waals surface area contributed by atoms with Crippen LogP contribution in [0.5, 0.6) is 0 Å². The molecular weight excluding hydrogens is 336 g/mol. The van der Waals surface area contributed by atoms with Gasteiger partial charge in [0, 0.05) is 19.7 Å². The lowest BCUT2D eigenvalue weighted by atomic mass is 10.4. The number of sulfone groups is 1. The molecule has 24 heavy (non-hydrogen) atoms. The lowest BCUT2D eigenvalue weighted by molar-refractivity contribution is 0.0651. The predicted molar refractivity (Wildman–Crippen MR) is 87.7 cm³/mol. The summed E-state index contributed by atoms with van der Waals surface area (Å²) in [5.74, 6) is -0.223. The summed E-state index contributed by atoms with van der Waals surface area (Å²) in [7, 11) is -3.67. The van der Waals surface area contributed by atoms with E-state index in [1.54, 1.807) is 6.92 Å². The Morgan fingerprint density at radius 3 is 2.62 bits per heavy atom. The highest BCUT2D eigenvalue weighted by atomic mass is 32.2. The van der Waals surface area contributed by atoms with Gasteiger partial charge in [0.1, 0.15) is 6.33 Å². The Labute approximate surface area is 142 Å². The lowest BCUT2D eigenvalue weighted by Crippen LogP contribution is -2.37. The molecule has 0 bridgehead atoms. The summed E-state index contributed by atoms with van der Waals surface area (Å²) in [6.45, 7) is 9.15. The van der Waals surface area contributed by atoms with Crippen molar-refractivity contribution in [3.63, 3.8) is 0 Å². The molecule has 10 heteroatoms. The van der Waals surface area contributed by atoms with Crippen LogP contribution in [-0.2, 0) is 19.3 Å². The maximum atomic E-state index is 12.4. The number of hydrogen-bond acceptors (Lipinski definition) is 7. The minimum absolute atomic E-state index is 0.0644. The first-order valence-corrected chi connectivity index (χ1v) is 9.60. The Kier molecular flexibility index (Phi) is 8.29. The highest BCUT2D eigenvalue weighted by Gasteiger charge is 2.23. The number of hydrogen-bond donors (Lipinski definition) is 0. The first kappa shape index (κ1) is 20.5. The number of nitrogens with zero attached hydrogens (tertiary/aromatic N) is 4. The molecule has 0 aromatic carbocycles. The standard InChI is InChI=1S/C14H26N4O5S/c1-5-17(7-8-23-12(3)4)14(19)18-11-15-13(16-18)24(20,21)10-9-22-6-2/h11-12H,5-10H2,1-4H3. The SMILES string of the molecule is CCOCCS(=O)(=O)c1ncn(C(=O)N(CC)CCOC(C)C)n1. The number of aromatic nitrogens is 3. The second-order valence-electron chi connectivity index (χ2n) is 5.27. The van der Waals surface area contributed by atoms with Crippen molar-refractivity contribution in [2.24, 2.45) is 0 Å². The average Bonchev–Trinajstić information content (AvgIpc) is 3.01. The molecule has 1 rings (SSSR count).